The number of rotatable bonds is 3. The first-order valence-corrected chi connectivity index (χ1v) is 7.32. The Kier molecular flexibility index (Phi) is 4.12. The molecule has 0 bridgehead atoms. The highest BCUT2D eigenvalue weighted by Gasteiger charge is 2.29. The van der Waals surface area contributed by atoms with Crippen molar-refractivity contribution in [3.8, 4) is 0 Å². The van der Waals surface area contributed by atoms with E-state index in [-0.39, 0.29) is 0 Å². The molecule has 0 amide bonds. The molecular weight excluding hydrogens is 300 g/mol. The van der Waals surface area contributed by atoms with Crippen LogP contribution in [0.3, 0.4) is 0 Å². The molecular formula is C17H19BrO. The summed E-state index contributed by atoms with van der Waals surface area (Å²) in [5, 5.41) is 11.1. The van der Waals surface area contributed by atoms with Gasteiger partial charge < -0.3 is 5.11 Å². The van der Waals surface area contributed by atoms with Crippen LogP contribution in [0.4, 0.5) is 0 Å². The zero-order valence-electron chi connectivity index (χ0n) is 11.6. The van der Waals surface area contributed by atoms with Gasteiger partial charge in [0.05, 0.1) is 0 Å². The molecule has 1 nitrogen and oxygen atoms in total. The molecule has 0 aromatic heterocycles. The Balaban J connectivity index is 2.59. The van der Waals surface area contributed by atoms with E-state index in [0.29, 0.717) is 6.42 Å². The van der Waals surface area contributed by atoms with Gasteiger partial charge in [-0.25, -0.2) is 0 Å². The quantitative estimate of drug-likeness (QED) is 0.868. The van der Waals surface area contributed by atoms with E-state index in [4.69, 9.17) is 0 Å². The van der Waals surface area contributed by atoms with Gasteiger partial charge in [0.15, 0.2) is 0 Å². The Morgan fingerprint density at radius 2 is 1.63 bits per heavy atom. The van der Waals surface area contributed by atoms with Crippen molar-refractivity contribution in [2.45, 2.75) is 32.8 Å². The van der Waals surface area contributed by atoms with E-state index in [2.05, 4.69) is 48.0 Å². The highest BCUT2D eigenvalue weighted by atomic mass is 79.9. The second-order valence-electron chi connectivity index (χ2n) is 5.10. The summed E-state index contributed by atoms with van der Waals surface area (Å²) >= 11 is 3.47. The first-order valence-electron chi connectivity index (χ1n) is 6.53. The van der Waals surface area contributed by atoms with Crippen LogP contribution in [-0.4, -0.2) is 5.11 Å². The maximum atomic E-state index is 11.1. The molecule has 0 fully saturated rings. The Hall–Kier alpha value is -1.12. The van der Waals surface area contributed by atoms with Crippen LogP contribution in [0.2, 0.25) is 0 Å². The third-order valence-electron chi connectivity index (χ3n) is 3.51. The second-order valence-corrected chi connectivity index (χ2v) is 6.02. The number of benzene rings is 2. The van der Waals surface area contributed by atoms with Crippen molar-refractivity contribution in [3.63, 3.8) is 0 Å². The minimum atomic E-state index is -0.930. The first-order chi connectivity index (χ1) is 8.95. The van der Waals surface area contributed by atoms with Gasteiger partial charge in [-0.2, -0.15) is 0 Å². The third-order valence-corrected chi connectivity index (χ3v) is 4.01. The van der Waals surface area contributed by atoms with Crippen LogP contribution in [0.1, 0.15) is 35.6 Å². The maximum absolute atomic E-state index is 11.1. The summed E-state index contributed by atoms with van der Waals surface area (Å²) < 4.78 is 0.987. The molecule has 1 atom stereocenters. The summed E-state index contributed by atoms with van der Waals surface area (Å²) in [6.45, 7) is 6.14. The average Bonchev–Trinajstić information content (AvgIpc) is 2.36. The molecule has 0 heterocycles. The second kappa shape index (κ2) is 5.48. The smallest absolute Gasteiger partial charge is 0.114 e. The van der Waals surface area contributed by atoms with Gasteiger partial charge >= 0.3 is 0 Å². The van der Waals surface area contributed by atoms with Gasteiger partial charge in [0.1, 0.15) is 5.60 Å². The number of aliphatic hydroxyl groups is 1. The molecule has 0 aliphatic heterocycles. The van der Waals surface area contributed by atoms with Gasteiger partial charge in [-0.3, -0.25) is 0 Å². The standard InChI is InChI=1S/C17H19BrO/c1-4-17(19,14-6-5-7-16(18)11-14)15-9-12(2)8-13(3)10-15/h5-11,19H,4H2,1-3H3. The fraction of sp³-hybridized carbons (Fsp3) is 0.294. The summed E-state index contributed by atoms with van der Waals surface area (Å²) in [6, 6.07) is 14.2. The van der Waals surface area contributed by atoms with Gasteiger partial charge in [-0.05, 0) is 43.5 Å². The summed E-state index contributed by atoms with van der Waals surface area (Å²) in [6.07, 6.45) is 0.645. The monoisotopic (exact) mass is 318 g/mol. The molecule has 100 valence electrons. The van der Waals surface area contributed by atoms with E-state index < -0.39 is 5.60 Å². The normalized spacial score (nSPS) is 14.2. The van der Waals surface area contributed by atoms with Gasteiger partial charge in [-0.15, -0.1) is 0 Å². The number of hydrogen-bond acceptors (Lipinski definition) is 1. The molecule has 0 radical (unpaired) electrons. The highest BCUT2D eigenvalue weighted by molar-refractivity contribution is 9.10. The van der Waals surface area contributed by atoms with E-state index in [1.807, 2.05) is 31.2 Å². The van der Waals surface area contributed by atoms with Gasteiger partial charge in [0.2, 0.25) is 0 Å². The number of hydrogen-bond donors (Lipinski definition) is 1. The lowest BCUT2D eigenvalue weighted by Crippen LogP contribution is -2.26. The summed E-state index contributed by atoms with van der Waals surface area (Å²) in [7, 11) is 0. The lowest BCUT2D eigenvalue weighted by molar-refractivity contribution is 0.0763. The van der Waals surface area contributed by atoms with E-state index in [1.165, 1.54) is 11.1 Å². The highest BCUT2D eigenvalue weighted by Crippen LogP contribution is 2.34. The molecule has 1 unspecified atom stereocenters. The van der Waals surface area contributed by atoms with Gasteiger partial charge in [0.25, 0.3) is 0 Å². The van der Waals surface area contributed by atoms with Crippen molar-refractivity contribution >= 4 is 15.9 Å². The minimum absolute atomic E-state index is 0.645. The summed E-state index contributed by atoms with van der Waals surface area (Å²) in [5.74, 6) is 0. The molecule has 2 aromatic carbocycles. The lowest BCUT2D eigenvalue weighted by Gasteiger charge is -2.29. The molecule has 0 spiro atoms. The van der Waals surface area contributed by atoms with Crippen LogP contribution < -0.4 is 0 Å². The van der Waals surface area contributed by atoms with Crippen molar-refractivity contribution in [1.29, 1.82) is 0 Å². The van der Waals surface area contributed by atoms with E-state index in [9.17, 15) is 5.11 Å². The van der Waals surface area contributed by atoms with E-state index >= 15 is 0 Å². The van der Waals surface area contributed by atoms with Gasteiger partial charge in [0, 0.05) is 4.47 Å². The first kappa shape index (κ1) is 14.3. The van der Waals surface area contributed by atoms with Crippen LogP contribution in [-0.2, 0) is 5.60 Å². The molecule has 0 saturated carbocycles. The number of halogens is 1. The van der Waals surface area contributed by atoms with Crippen molar-refractivity contribution in [1.82, 2.24) is 0 Å². The zero-order chi connectivity index (χ0) is 14.0. The third kappa shape index (κ3) is 2.90. The SMILES string of the molecule is CCC(O)(c1cc(C)cc(C)c1)c1cccc(Br)c1. The maximum Gasteiger partial charge on any atom is 0.114 e. The van der Waals surface area contributed by atoms with Crippen molar-refractivity contribution in [2.24, 2.45) is 0 Å². The Labute approximate surface area is 123 Å². The van der Waals surface area contributed by atoms with Crippen LogP contribution in [0, 0.1) is 13.8 Å². The minimum Gasteiger partial charge on any atom is -0.380 e. The zero-order valence-corrected chi connectivity index (χ0v) is 13.2. The molecule has 2 rings (SSSR count). The molecule has 2 aromatic rings. The number of aryl methyl sites for hydroxylation is 2. The molecule has 0 saturated heterocycles. The molecule has 0 aliphatic carbocycles. The fourth-order valence-electron chi connectivity index (χ4n) is 2.53. The Bertz CT molecular complexity index is 571. The predicted octanol–water partition coefficient (Wildman–Crippen LogP) is 4.71. The van der Waals surface area contributed by atoms with E-state index in [0.717, 1.165) is 15.6 Å². The molecule has 19 heavy (non-hydrogen) atoms. The van der Waals surface area contributed by atoms with Gasteiger partial charge in [-0.1, -0.05) is 64.3 Å². The topological polar surface area (TPSA) is 20.2 Å². The Morgan fingerprint density at radius 1 is 1.00 bits per heavy atom. The fourth-order valence-corrected chi connectivity index (χ4v) is 2.93. The molecule has 0 aliphatic rings. The Morgan fingerprint density at radius 3 is 2.16 bits per heavy atom. The van der Waals surface area contributed by atoms with Crippen LogP contribution in [0.15, 0.2) is 46.9 Å². The molecule has 2 heteroatoms. The van der Waals surface area contributed by atoms with Crippen molar-refractivity contribution in [3.05, 3.63) is 69.2 Å². The summed E-state index contributed by atoms with van der Waals surface area (Å²) in [4.78, 5) is 0. The predicted molar refractivity (Wildman–Crippen MR) is 83.3 cm³/mol. The van der Waals surface area contributed by atoms with Crippen molar-refractivity contribution in [2.75, 3.05) is 0 Å². The van der Waals surface area contributed by atoms with Crippen molar-refractivity contribution < 1.29 is 5.11 Å². The largest absolute Gasteiger partial charge is 0.380 e. The van der Waals surface area contributed by atoms with Crippen LogP contribution >= 0.6 is 15.9 Å². The average molecular weight is 319 g/mol. The van der Waals surface area contributed by atoms with E-state index in [1.54, 1.807) is 0 Å². The lowest BCUT2D eigenvalue weighted by atomic mass is 9.83. The summed E-state index contributed by atoms with van der Waals surface area (Å²) in [5.41, 5.74) is 3.31. The van der Waals surface area contributed by atoms with Crippen LogP contribution in [0.25, 0.3) is 0 Å². The van der Waals surface area contributed by atoms with Crippen LogP contribution in [0.5, 0.6) is 0 Å². The molecule has 1 N–H and O–H groups in total.